The lowest BCUT2D eigenvalue weighted by Crippen LogP contribution is -2.13. The number of phenolic OH excluding ortho intramolecular Hbond substituents is 1. The maximum atomic E-state index is 14.0. The van der Waals surface area contributed by atoms with Gasteiger partial charge in [-0.15, -0.1) is 0 Å². The highest BCUT2D eigenvalue weighted by atomic mass is 79.9. The quantitative estimate of drug-likeness (QED) is 0.487. The molecule has 7 heteroatoms. The number of fused-ring (bicyclic) bond motifs is 1. The molecule has 0 spiro atoms. The molecule has 0 unspecified atom stereocenters. The Balaban J connectivity index is 2.30. The van der Waals surface area contributed by atoms with Gasteiger partial charge in [-0.3, -0.25) is 4.79 Å². The van der Waals surface area contributed by atoms with Gasteiger partial charge in [0, 0.05) is 17.9 Å². The van der Waals surface area contributed by atoms with Gasteiger partial charge < -0.3 is 9.52 Å². The Morgan fingerprint density at radius 3 is 2.50 bits per heavy atom. The van der Waals surface area contributed by atoms with Gasteiger partial charge in [-0.25, -0.2) is 0 Å². The summed E-state index contributed by atoms with van der Waals surface area (Å²) in [5.74, 6) is -4.93. The first-order valence-electron chi connectivity index (χ1n) is 7.23. The standard InChI is InChI=1S/C17H10Br2F2O3/c1-17(20,21)16-13(9-4-2-3-5-12(9)24-16)14(22)8-6-10(18)15(23)11(19)7-8/h2-7,23H,1H3/i2D. The van der Waals surface area contributed by atoms with Crippen LogP contribution in [0.25, 0.3) is 11.0 Å². The summed E-state index contributed by atoms with van der Waals surface area (Å²) in [6.45, 7) is 0.645. The monoisotopic (exact) mass is 459 g/mol. The lowest BCUT2D eigenvalue weighted by molar-refractivity contribution is -0.00469. The summed E-state index contributed by atoms with van der Waals surface area (Å²) in [6.07, 6.45) is 0. The van der Waals surface area contributed by atoms with E-state index < -0.39 is 17.5 Å². The first-order valence-corrected chi connectivity index (χ1v) is 8.32. The van der Waals surface area contributed by atoms with E-state index >= 15 is 0 Å². The maximum Gasteiger partial charge on any atom is 0.302 e. The molecule has 0 saturated carbocycles. The van der Waals surface area contributed by atoms with Crippen LogP contribution in [0.1, 0.15) is 30.0 Å². The number of para-hydroxylation sites is 1. The van der Waals surface area contributed by atoms with Gasteiger partial charge in [-0.2, -0.15) is 8.78 Å². The van der Waals surface area contributed by atoms with Crippen LogP contribution in [0.2, 0.25) is 0 Å². The third-order valence-electron chi connectivity index (χ3n) is 3.44. The number of hydrogen-bond acceptors (Lipinski definition) is 3. The molecule has 24 heavy (non-hydrogen) atoms. The highest BCUT2D eigenvalue weighted by molar-refractivity contribution is 9.11. The molecule has 0 aliphatic carbocycles. The van der Waals surface area contributed by atoms with E-state index in [1.54, 1.807) is 0 Å². The average Bonchev–Trinajstić information content (AvgIpc) is 2.90. The van der Waals surface area contributed by atoms with Gasteiger partial charge >= 0.3 is 5.92 Å². The maximum absolute atomic E-state index is 14.0. The SMILES string of the molecule is [2H]c1ccc2oc(C(C)(F)F)c(C(=O)c3cc(Br)c(O)c(Br)c3)c2c1. The smallest absolute Gasteiger partial charge is 0.302 e. The van der Waals surface area contributed by atoms with Crippen molar-refractivity contribution < 1.29 is 24.5 Å². The number of ketones is 1. The second-order valence-corrected chi connectivity index (χ2v) is 6.94. The minimum absolute atomic E-state index is 0.0707. The minimum atomic E-state index is -3.38. The van der Waals surface area contributed by atoms with Gasteiger partial charge in [0.2, 0.25) is 0 Å². The zero-order valence-electron chi connectivity index (χ0n) is 13.2. The van der Waals surface area contributed by atoms with Crippen molar-refractivity contribution in [3.63, 3.8) is 0 Å². The molecule has 1 aromatic heterocycles. The lowest BCUT2D eigenvalue weighted by Gasteiger charge is -2.10. The highest BCUT2D eigenvalue weighted by Crippen LogP contribution is 2.39. The number of alkyl halides is 2. The number of hydrogen-bond donors (Lipinski definition) is 1. The predicted octanol–water partition coefficient (Wildman–Crippen LogP) is 6.01. The third-order valence-corrected chi connectivity index (χ3v) is 4.65. The molecule has 1 heterocycles. The Morgan fingerprint density at radius 2 is 1.92 bits per heavy atom. The molecular formula is C17H10Br2F2O3. The molecule has 0 atom stereocenters. The lowest BCUT2D eigenvalue weighted by atomic mass is 9.98. The summed E-state index contributed by atoms with van der Waals surface area (Å²) in [5.41, 5.74) is -0.103. The van der Waals surface area contributed by atoms with Gasteiger partial charge in [0.15, 0.2) is 11.5 Å². The van der Waals surface area contributed by atoms with Crippen molar-refractivity contribution in [2.75, 3.05) is 0 Å². The molecule has 3 rings (SSSR count). The van der Waals surface area contributed by atoms with E-state index in [4.69, 9.17) is 5.79 Å². The van der Waals surface area contributed by atoms with Crippen molar-refractivity contribution in [2.45, 2.75) is 12.8 Å². The van der Waals surface area contributed by atoms with Crippen LogP contribution in [0.4, 0.5) is 8.78 Å². The van der Waals surface area contributed by atoms with E-state index in [1.165, 1.54) is 30.3 Å². The molecule has 3 nitrogen and oxygen atoms in total. The van der Waals surface area contributed by atoms with Gasteiger partial charge in [0.05, 0.1) is 15.9 Å². The molecule has 3 aromatic rings. The molecule has 2 aromatic carbocycles. The van der Waals surface area contributed by atoms with Gasteiger partial charge in [0.1, 0.15) is 11.3 Å². The number of rotatable bonds is 3. The van der Waals surface area contributed by atoms with Crippen LogP contribution in [0.5, 0.6) is 5.75 Å². The number of carbonyl (C=O) groups excluding carboxylic acids is 1. The fourth-order valence-electron chi connectivity index (χ4n) is 2.36. The number of furan rings is 1. The molecule has 124 valence electrons. The zero-order chi connectivity index (χ0) is 18.5. The van der Waals surface area contributed by atoms with Crippen LogP contribution in [0, 0.1) is 0 Å². The van der Waals surface area contributed by atoms with Crippen molar-refractivity contribution in [1.82, 2.24) is 0 Å². The van der Waals surface area contributed by atoms with E-state index in [-0.39, 0.29) is 42.8 Å². The zero-order valence-corrected chi connectivity index (χ0v) is 15.3. The van der Waals surface area contributed by atoms with E-state index in [2.05, 4.69) is 31.9 Å². The summed E-state index contributed by atoms with van der Waals surface area (Å²) in [7, 11) is 0. The van der Waals surface area contributed by atoms with Gasteiger partial charge in [0.25, 0.3) is 0 Å². The molecule has 0 saturated heterocycles. The number of halogens is 4. The number of phenols is 1. The fourth-order valence-corrected chi connectivity index (χ4v) is 3.55. The Labute approximate surface area is 153 Å². The van der Waals surface area contributed by atoms with Crippen molar-refractivity contribution in [2.24, 2.45) is 0 Å². The van der Waals surface area contributed by atoms with Crippen molar-refractivity contribution in [1.29, 1.82) is 0 Å². The summed E-state index contributed by atoms with van der Waals surface area (Å²) >= 11 is 6.23. The van der Waals surface area contributed by atoms with Crippen molar-refractivity contribution in [3.05, 3.63) is 62.2 Å². The molecule has 0 radical (unpaired) electrons. The van der Waals surface area contributed by atoms with Crippen LogP contribution in [-0.2, 0) is 5.92 Å². The van der Waals surface area contributed by atoms with E-state index in [1.807, 2.05) is 0 Å². The van der Waals surface area contributed by atoms with E-state index in [0.29, 0.717) is 6.92 Å². The first kappa shape index (κ1) is 15.8. The predicted molar refractivity (Wildman–Crippen MR) is 92.7 cm³/mol. The van der Waals surface area contributed by atoms with Gasteiger partial charge in [-0.05, 0) is 50.1 Å². The fraction of sp³-hybridized carbons (Fsp3) is 0.118. The van der Waals surface area contributed by atoms with Crippen LogP contribution >= 0.6 is 31.9 Å². The van der Waals surface area contributed by atoms with Crippen molar-refractivity contribution >= 4 is 48.6 Å². The molecule has 0 aliphatic heterocycles. The van der Waals surface area contributed by atoms with E-state index in [9.17, 15) is 18.7 Å². The normalized spacial score (nSPS) is 12.5. The second-order valence-electron chi connectivity index (χ2n) is 5.23. The third kappa shape index (κ3) is 2.86. The van der Waals surface area contributed by atoms with Crippen LogP contribution in [0.3, 0.4) is 0 Å². The highest BCUT2D eigenvalue weighted by Gasteiger charge is 2.36. The van der Waals surface area contributed by atoms with Gasteiger partial charge in [-0.1, -0.05) is 18.2 Å². The molecule has 0 amide bonds. The minimum Gasteiger partial charge on any atom is -0.506 e. The topological polar surface area (TPSA) is 50.4 Å². The Hall–Kier alpha value is -1.73. The Morgan fingerprint density at radius 1 is 1.29 bits per heavy atom. The summed E-state index contributed by atoms with van der Waals surface area (Å²) < 4.78 is 41.4. The van der Waals surface area contributed by atoms with Crippen LogP contribution in [-0.4, -0.2) is 10.9 Å². The molecule has 0 fully saturated rings. The Kier molecular flexibility index (Phi) is 3.92. The second kappa shape index (κ2) is 5.97. The summed E-state index contributed by atoms with van der Waals surface area (Å²) in [5, 5.41) is 9.91. The number of aromatic hydroxyl groups is 1. The summed E-state index contributed by atoms with van der Waals surface area (Å²) in [4.78, 5) is 12.9. The molecular weight excluding hydrogens is 450 g/mol. The summed E-state index contributed by atoms with van der Waals surface area (Å²) in [6, 6.07) is 6.83. The molecule has 1 N–H and O–H groups in total. The van der Waals surface area contributed by atoms with Crippen LogP contribution in [0.15, 0.2) is 49.7 Å². The Bertz CT molecular complexity index is 986. The molecule has 0 bridgehead atoms. The first-order chi connectivity index (χ1) is 11.6. The van der Waals surface area contributed by atoms with Crippen molar-refractivity contribution in [3.8, 4) is 5.75 Å². The number of carbonyl (C=O) groups is 1. The molecule has 0 aliphatic rings. The van der Waals surface area contributed by atoms with Crippen LogP contribution < -0.4 is 0 Å². The largest absolute Gasteiger partial charge is 0.506 e. The van der Waals surface area contributed by atoms with E-state index in [0.717, 1.165) is 0 Å². The number of benzene rings is 2. The average molecular weight is 461 g/mol.